The van der Waals surface area contributed by atoms with Crippen molar-refractivity contribution in [1.82, 2.24) is 9.88 Å². The number of aromatic nitrogens is 1. The zero-order valence-electron chi connectivity index (χ0n) is 8.87. The second-order valence-electron chi connectivity index (χ2n) is 3.54. The minimum absolute atomic E-state index is 0.541. The molecule has 0 aliphatic rings. The average Bonchev–Trinajstić information content (AvgIpc) is 2.14. The highest BCUT2D eigenvalue weighted by Gasteiger charge is 2.02. The Hall–Kier alpha value is -0.800. The fourth-order valence-electron chi connectivity index (χ4n) is 1.07. The van der Waals surface area contributed by atoms with Crippen molar-refractivity contribution in [1.29, 1.82) is 0 Å². The molecule has 1 aromatic rings. The third-order valence-corrected chi connectivity index (χ3v) is 2.18. The highest BCUT2D eigenvalue weighted by Crippen LogP contribution is 2.12. The number of pyridine rings is 1. The van der Waals surface area contributed by atoms with Crippen LogP contribution in [-0.4, -0.2) is 44.1 Å². The van der Waals surface area contributed by atoms with Crippen molar-refractivity contribution in [2.24, 2.45) is 0 Å². The summed E-state index contributed by atoms with van der Waals surface area (Å²) in [5, 5.41) is 0.541. The fourth-order valence-corrected chi connectivity index (χ4v) is 1.23. The maximum absolute atomic E-state index is 5.80. The van der Waals surface area contributed by atoms with Crippen molar-refractivity contribution in [3.63, 3.8) is 0 Å². The van der Waals surface area contributed by atoms with Gasteiger partial charge in [0.05, 0.1) is 0 Å². The Kier molecular flexibility index (Phi) is 4.17. The molecule has 0 spiro atoms. The number of rotatable bonds is 4. The smallest absolute Gasteiger partial charge is 0.131 e. The first-order valence-electron chi connectivity index (χ1n) is 4.58. The van der Waals surface area contributed by atoms with Crippen LogP contribution in [0.1, 0.15) is 0 Å². The van der Waals surface area contributed by atoms with Crippen molar-refractivity contribution in [3.05, 3.63) is 23.4 Å². The van der Waals surface area contributed by atoms with E-state index in [1.54, 1.807) is 6.07 Å². The molecule has 1 aromatic heterocycles. The molecular weight excluding hydrogens is 198 g/mol. The summed E-state index contributed by atoms with van der Waals surface area (Å²) in [6.07, 6.45) is 0. The summed E-state index contributed by atoms with van der Waals surface area (Å²) >= 11 is 5.80. The van der Waals surface area contributed by atoms with E-state index in [1.807, 2.05) is 19.2 Å². The zero-order valence-corrected chi connectivity index (χ0v) is 9.62. The van der Waals surface area contributed by atoms with E-state index in [4.69, 9.17) is 11.6 Å². The predicted molar refractivity (Wildman–Crippen MR) is 61.1 cm³/mol. The van der Waals surface area contributed by atoms with Crippen LogP contribution in [0.2, 0.25) is 5.15 Å². The fraction of sp³-hybridized carbons (Fsp3) is 0.500. The predicted octanol–water partition coefficient (Wildman–Crippen LogP) is 1.73. The van der Waals surface area contributed by atoms with Gasteiger partial charge < -0.3 is 9.80 Å². The molecule has 14 heavy (non-hydrogen) atoms. The Morgan fingerprint density at radius 3 is 2.50 bits per heavy atom. The minimum atomic E-state index is 0.541. The molecule has 78 valence electrons. The molecular formula is C10H16ClN3. The van der Waals surface area contributed by atoms with Crippen LogP contribution in [0.25, 0.3) is 0 Å². The first-order chi connectivity index (χ1) is 6.59. The van der Waals surface area contributed by atoms with E-state index in [0.717, 1.165) is 18.9 Å². The highest BCUT2D eigenvalue weighted by atomic mass is 35.5. The number of likely N-dealkylation sites (N-methyl/N-ethyl adjacent to an activating group) is 2. The molecule has 0 amide bonds. The first-order valence-corrected chi connectivity index (χ1v) is 4.96. The van der Waals surface area contributed by atoms with Gasteiger partial charge in [-0.05, 0) is 26.2 Å². The summed E-state index contributed by atoms with van der Waals surface area (Å²) < 4.78 is 0. The number of hydrogen-bond donors (Lipinski definition) is 0. The van der Waals surface area contributed by atoms with Crippen molar-refractivity contribution >= 4 is 17.4 Å². The lowest BCUT2D eigenvalue weighted by molar-refractivity contribution is 0.416. The molecule has 0 saturated carbocycles. The van der Waals surface area contributed by atoms with Crippen molar-refractivity contribution in [2.75, 3.05) is 39.1 Å². The summed E-state index contributed by atoms with van der Waals surface area (Å²) in [6, 6.07) is 5.66. The van der Waals surface area contributed by atoms with E-state index in [9.17, 15) is 0 Å². The molecule has 0 bridgehead atoms. The van der Waals surface area contributed by atoms with Crippen LogP contribution >= 0.6 is 11.6 Å². The van der Waals surface area contributed by atoms with Gasteiger partial charge in [0.1, 0.15) is 11.0 Å². The number of halogens is 1. The molecule has 0 fully saturated rings. The molecule has 1 rings (SSSR count). The molecule has 0 aliphatic heterocycles. The number of hydrogen-bond acceptors (Lipinski definition) is 3. The van der Waals surface area contributed by atoms with Gasteiger partial charge in [0.25, 0.3) is 0 Å². The van der Waals surface area contributed by atoms with Gasteiger partial charge in [-0.3, -0.25) is 0 Å². The van der Waals surface area contributed by atoms with Gasteiger partial charge >= 0.3 is 0 Å². The van der Waals surface area contributed by atoms with Crippen LogP contribution in [-0.2, 0) is 0 Å². The van der Waals surface area contributed by atoms with Gasteiger partial charge in [0, 0.05) is 20.1 Å². The largest absolute Gasteiger partial charge is 0.358 e. The lowest BCUT2D eigenvalue weighted by atomic mass is 10.4. The number of anilines is 1. The summed E-state index contributed by atoms with van der Waals surface area (Å²) in [4.78, 5) is 8.45. The quantitative estimate of drug-likeness (QED) is 0.711. The van der Waals surface area contributed by atoms with E-state index < -0.39 is 0 Å². The van der Waals surface area contributed by atoms with Crippen LogP contribution in [0.15, 0.2) is 18.2 Å². The molecule has 0 N–H and O–H groups in total. The van der Waals surface area contributed by atoms with E-state index >= 15 is 0 Å². The van der Waals surface area contributed by atoms with Crippen LogP contribution in [0.5, 0.6) is 0 Å². The topological polar surface area (TPSA) is 19.4 Å². The molecule has 0 aliphatic carbocycles. The van der Waals surface area contributed by atoms with E-state index in [0.29, 0.717) is 5.15 Å². The Balaban J connectivity index is 2.56. The Morgan fingerprint density at radius 1 is 1.21 bits per heavy atom. The normalized spacial score (nSPS) is 10.6. The Morgan fingerprint density at radius 2 is 1.93 bits per heavy atom. The maximum atomic E-state index is 5.80. The molecule has 0 atom stereocenters. The van der Waals surface area contributed by atoms with Gasteiger partial charge in [0.2, 0.25) is 0 Å². The van der Waals surface area contributed by atoms with Gasteiger partial charge in [-0.1, -0.05) is 17.7 Å². The van der Waals surface area contributed by atoms with Crippen LogP contribution in [0.4, 0.5) is 5.82 Å². The summed E-state index contributed by atoms with van der Waals surface area (Å²) in [5.41, 5.74) is 0. The van der Waals surface area contributed by atoms with E-state index in [-0.39, 0.29) is 0 Å². The van der Waals surface area contributed by atoms with Gasteiger partial charge in [0.15, 0.2) is 0 Å². The highest BCUT2D eigenvalue weighted by molar-refractivity contribution is 6.29. The SMILES string of the molecule is CN(C)CCN(C)c1cccc(Cl)n1. The second-order valence-corrected chi connectivity index (χ2v) is 3.93. The maximum Gasteiger partial charge on any atom is 0.131 e. The summed E-state index contributed by atoms with van der Waals surface area (Å²) in [7, 11) is 6.13. The Bertz CT molecular complexity index is 288. The molecule has 4 heteroatoms. The zero-order chi connectivity index (χ0) is 10.6. The monoisotopic (exact) mass is 213 g/mol. The average molecular weight is 214 g/mol. The molecule has 0 aromatic carbocycles. The van der Waals surface area contributed by atoms with Crippen molar-refractivity contribution in [2.45, 2.75) is 0 Å². The Labute approximate surface area is 90.3 Å². The van der Waals surface area contributed by atoms with Crippen LogP contribution < -0.4 is 4.90 Å². The minimum Gasteiger partial charge on any atom is -0.358 e. The molecule has 0 saturated heterocycles. The van der Waals surface area contributed by atoms with Crippen molar-refractivity contribution < 1.29 is 0 Å². The molecule has 0 radical (unpaired) electrons. The first kappa shape index (κ1) is 11.3. The lowest BCUT2D eigenvalue weighted by Gasteiger charge is -2.20. The third kappa shape index (κ3) is 3.52. The van der Waals surface area contributed by atoms with Crippen LogP contribution in [0.3, 0.4) is 0 Å². The molecule has 3 nitrogen and oxygen atoms in total. The van der Waals surface area contributed by atoms with Crippen molar-refractivity contribution in [3.8, 4) is 0 Å². The van der Waals surface area contributed by atoms with Gasteiger partial charge in [-0.2, -0.15) is 0 Å². The standard InChI is InChI=1S/C10H16ClN3/c1-13(2)7-8-14(3)10-6-4-5-9(11)12-10/h4-6H,7-8H2,1-3H3. The van der Waals surface area contributed by atoms with Gasteiger partial charge in [-0.25, -0.2) is 4.98 Å². The summed E-state index contributed by atoms with van der Waals surface area (Å²) in [5.74, 6) is 0.916. The van der Waals surface area contributed by atoms with Crippen LogP contribution in [0, 0.1) is 0 Å². The van der Waals surface area contributed by atoms with E-state index in [2.05, 4.69) is 28.9 Å². The lowest BCUT2D eigenvalue weighted by Crippen LogP contribution is -2.28. The summed E-state index contributed by atoms with van der Waals surface area (Å²) in [6.45, 7) is 1.95. The van der Waals surface area contributed by atoms with E-state index in [1.165, 1.54) is 0 Å². The molecule has 0 unspecified atom stereocenters. The van der Waals surface area contributed by atoms with Gasteiger partial charge in [-0.15, -0.1) is 0 Å². The molecule has 1 heterocycles. The third-order valence-electron chi connectivity index (χ3n) is 1.97. The number of nitrogens with zero attached hydrogens (tertiary/aromatic N) is 3. The second kappa shape index (κ2) is 5.17.